The summed E-state index contributed by atoms with van der Waals surface area (Å²) in [6.45, 7) is 6.07. The lowest BCUT2D eigenvalue weighted by Crippen LogP contribution is -2.23. The van der Waals surface area contributed by atoms with Gasteiger partial charge in [0.25, 0.3) is 0 Å². The molecule has 0 amide bonds. The van der Waals surface area contributed by atoms with E-state index >= 15 is 0 Å². The Morgan fingerprint density at radius 1 is 1.53 bits per heavy atom. The van der Waals surface area contributed by atoms with Gasteiger partial charge in [-0.1, -0.05) is 0 Å². The molecule has 1 N–H and O–H groups in total. The smallest absolute Gasteiger partial charge is 0.211 e. The highest BCUT2D eigenvalue weighted by molar-refractivity contribution is 4.94. The third-order valence-electron chi connectivity index (χ3n) is 2.24. The molecule has 0 fully saturated rings. The summed E-state index contributed by atoms with van der Waals surface area (Å²) < 4.78 is 5.44. The SMILES string of the molecule is Cc1cnc(C(C)NCCCN(C)C)o1. The molecule has 86 valence electrons. The average molecular weight is 211 g/mol. The van der Waals surface area contributed by atoms with Crippen molar-refractivity contribution in [1.29, 1.82) is 0 Å². The van der Waals surface area contributed by atoms with E-state index in [-0.39, 0.29) is 6.04 Å². The van der Waals surface area contributed by atoms with Crippen molar-refractivity contribution in [2.75, 3.05) is 27.2 Å². The lowest BCUT2D eigenvalue weighted by atomic mass is 10.3. The molecule has 15 heavy (non-hydrogen) atoms. The van der Waals surface area contributed by atoms with Gasteiger partial charge in [0, 0.05) is 0 Å². The highest BCUT2D eigenvalue weighted by atomic mass is 16.4. The van der Waals surface area contributed by atoms with Crippen LogP contribution in [0, 0.1) is 6.92 Å². The van der Waals surface area contributed by atoms with Gasteiger partial charge in [-0.3, -0.25) is 0 Å². The molecule has 1 unspecified atom stereocenters. The van der Waals surface area contributed by atoms with Crippen LogP contribution in [0.25, 0.3) is 0 Å². The van der Waals surface area contributed by atoms with Gasteiger partial charge >= 0.3 is 0 Å². The molecule has 1 aromatic heterocycles. The van der Waals surface area contributed by atoms with Crippen molar-refractivity contribution in [3.8, 4) is 0 Å². The fourth-order valence-electron chi connectivity index (χ4n) is 1.37. The lowest BCUT2D eigenvalue weighted by molar-refractivity contribution is 0.370. The minimum absolute atomic E-state index is 0.195. The van der Waals surface area contributed by atoms with E-state index < -0.39 is 0 Å². The van der Waals surface area contributed by atoms with Crippen molar-refractivity contribution < 1.29 is 4.42 Å². The molecule has 1 atom stereocenters. The van der Waals surface area contributed by atoms with Gasteiger partial charge in [-0.15, -0.1) is 0 Å². The quantitative estimate of drug-likeness (QED) is 0.725. The first kappa shape index (κ1) is 12.2. The maximum atomic E-state index is 5.44. The van der Waals surface area contributed by atoms with E-state index in [4.69, 9.17) is 4.42 Å². The van der Waals surface area contributed by atoms with Crippen molar-refractivity contribution in [1.82, 2.24) is 15.2 Å². The first-order chi connectivity index (χ1) is 7.09. The summed E-state index contributed by atoms with van der Waals surface area (Å²) in [7, 11) is 4.17. The Balaban J connectivity index is 2.21. The Morgan fingerprint density at radius 3 is 2.80 bits per heavy atom. The molecule has 0 radical (unpaired) electrons. The maximum absolute atomic E-state index is 5.44. The first-order valence-electron chi connectivity index (χ1n) is 5.40. The molecule has 0 saturated heterocycles. The predicted molar refractivity (Wildman–Crippen MR) is 60.8 cm³/mol. The van der Waals surface area contributed by atoms with E-state index in [1.165, 1.54) is 0 Å². The summed E-state index contributed by atoms with van der Waals surface area (Å²) in [5.74, 6) is 1.64. The predicted octanol–water partition coefficient (Wildman–Crippen LogP) is 1.59. The van der Waals surface area contributed by atoms with E-state index in [1.807, 2.05) is 6.92 Å². The number of aryl methyl sites for hydroxylation is 1. The summed E-state index contributed by atoms with van der Waals surface area (Å²) in [5, 5.41) is 3.38. The summed E-state index contributed by atoms with van der Waals surface area (Å²) in [6, 6.07) is 0.195. The molecule has 0 aliphatic carbocycles. The molecule has 0 aliphatic heterocycles. The van der Waals surface area contributed by atoms with E-state index in [1.54, 1.807) is 6.20 Å². The Morgan fingerprint density at radius 2 is 2.27 bits per heavy atom. The lowest BCUT2D eigenvalue weighted by Gasteiger charge is -2.12. The molecule has 4 heteroatoms. The molecule has 0 aliphatic rings. The zero-order valence-electron chi connectivity index (χ0n) is 10.1. The van der Waals surface area contributed by atoms with Gasteiger partial charge in [0.1, 0.15) is 5.76 Å². The maximum Gasteiger partial charge on any atom is 0.211 e. The zero-order chi connectivity index (χ0) is 11.3. The van der Waals surface area contributed by atoms with Crippen LogP contribution < -0.4 is 5.32 Å². The average Bonchev–Trinajstić information content (AvgIpc) is 2.59. The summed E-state index contributed by atoms with van der Waals surface area (Å²) >= 11 is 0. The molecular weight excluding hydrogens is 190 g/mol. The topological polar surface area (TPSA) is 41.3 Å². The van der Waals surface area contributed by atoms with Gasteiger partial charge in [-0.05, 0) is 47.5 Å². The van der Waals surface area contributed by atoms with Gasteiger partial charge in [0.15, 0.2) is 0 Å². The second kappa shape index (κ2) is 5.88. The Hall–Kier alpha value is -0.870. The van der Waals surface area contributed by atoms with E-state index in [0.29, 0.717) is 0 Å². The van der Waals surface area contributed by atoms with Crippen molar-refractivity contribution in [2.45, 2.75) is 26.3 Å². The third kappa shape index (κ3) is 4.44. The van der Waals surface area contributed by atoms with Crippen molar-refractivity contribution in [2.24, 2.45) is 0 Å². The Bertz CT molecular complexity index is 283. The highest BCUT2D eigenvalue weighted by Crippen LogP contribution is 2.11. The van der Waals surface area contributed by atoms with Gasteiger partial charge in [-0.25, -0.2) is 4.98 Å². The monoisotopic (exact) mass is 211 g/mol. The van der Waals surface area contributed by atoms with Gasteiger partial charge in [0.05, 0.1) is 12.2 Å². The van der Waals surface area contributed by atoms with Gasteiger partial charge in [-0.2, -0.15) is 0 Å². The van der Waals surface area contributed by atoms with Crippen LogP contribution in [0.5, 0.6) is 0 Å². The largest absolute Gasteiger partial charge is 0.444 e. The van der Waals surface area contributed by atoms with Crippen LogP contribution in [0.4, 0.5) is 0 Å². The van der Waals surface area contributed by atoms with Crippen molar-refractivity contribution >= 4 is 0 Å². The number of aromatic nitrogens is 1. The van der Waals surface area contributed by atoms with E-state index in [0.717, 1.165) is 31.2 Å². The molecule has 0 spiro atoms. The molecule has 1 rings (SSSR count). The molecule has 0 saturated carbocycles. The zero-order valence-corrected chi connectivity index (χ0v) is 10.1. The van der Waals surface area contributed by atoms with Gasteiger partial charge in [0.2, 0.25) is 5.89 Å². The third-order valence-corrected chi connectivity index (χ3v) is 2.24. The number of oxazole rings is 1. The minimum Gasteiger partial charge on any atom is -0.444 e. The molecule has 0 aromatic carbocycles. The van der Waals surface area contributed by atoms with Crippen LogP contribution in [0.3, 0.4) is 0 Å². The van der Waals surface area contributed by atoms with Crippen LogP contribution >= 0.6 is 0 Å². The minimum atomic E-state index is 0.195. The first-order valence-corrected chi connectivity index (χ1v) is 5.40. The number of nitrogens with zero attached hydrogens (tertiary/aromatic N) is 2. The standard InChI is InChI=1S/C11H21N3O/c1-9-8-13-11(15-9)10(2)12-6-5-7-14(3)4/h8,10,12H,5-7H2,1-4H3. The summed E-state index contributed by atoms with van der Waals surface area (Å²) in [5.41, 5.74) is 0. The Labute approximate surface area is 91.7 Å². The summed E-state index contributed by atoms with van der Waals surface area (Å²) in [6.07, 6.45) is 2.89. The fraction of sp³-hybridized carbons (Fsp3) is 0.727. The molecular formula is C11H21N3O. The number of hydrogen-bond acceptors (Lipinski definition) is 4. The highest BCUT2D eigenvalue weighted by Gasteiger charge is 2.09. The van der Waals surface area contributed by atoms with Crippen LogP contribution in [0.15, 0.2) is 10.6 Å². The Kier molecular flexibility index (Phi) is 4.78. The van der Waals surface area contributed by atoms with Crippen LogP contribution in [-0.4, -0.2) is 37.1 Å². The number of hydrogen-bond donors (Lipinski definition) is 1. The number of nitrogens with one attached hydrogen (secondary N) is 1. The van der Waals surface area contributed by atoms with Crippen LogP contribution in [0.2, 0.25) is 0 Å². The molecule has 1 heterocycles. The van der Waals surface area contributed by atoms with Crippen molar-refractivity contribution in [3.63, 3.8) is 0 Å². The second-order valence-electron chi connectivity index (χ2n) is 4.14. The normalized spacial score (nSPS) is 13.4. The molecule has 4 nitrogen and oxygen atoms in total. The number of rotatable bonds is 6. The van der Waals surface area contributed by atoms with Crippen LogP contribution in [0.1, 0.15) is 31.0 Å². The molecule has 0 bridgehead atoms. The molecule has 1 aromatic rings. The fourth-order valence-corrected chi connectivity index (χ4v) is 1.37. The van der Waals surface area contributed by atoms with Crippen molar-refractivity contribution in [3.05, 3.63) is 17.8 Å². The van der Waals surface area contributed by atoms with Gasteiger partial charge < -0.3 is 14.6 Å². The van der Waals surface area contributed by atoms with Crippen LogP contribution in [-0.2, 0) is 0 Å². The van der Waals surface area contributed by atoms with E-state index in [2.05, 4.69) is 36.2 Å². The summed E-state index contributed by atoms with van der Waals surface area (Å²) in [4.78, 5) is 6.37. The second-order valence-corrected chi connectivity index (χ2v) is 4.14. The van der Waals surface area contributed by atoms with E-state index in [9.17, 15) is 0 Å².